The van der Waals surface area contributed by atoms with E-state index < -0.39 is 6.10 Å². The molecule has 2 saturated heterocycles. The molecule has 0 aromatic heterocycles. The van der Waals surface area contributed by atoms with Crippen LogP contribution in [-0.4, -0.2) is 66.8 Å². The first-order valence-corrected chi connectivity index (χ1v) is 11.5. The fraction of sp³-hybridized carbons (Fsp3) is 0.480. The van der Waals surface area contributed by atoms with E-state index in [1.54, 1.807) is 0 Å². The number of fused-ring (bicyclic) bond motifs is 2. The largest absolute Gasteiger partial charge is 0.454 e. The van der Waals surface area contributed by atoms with Crippen LogP contribution in [0.4, 0.5) is 5.69 Å². The fourth-order valence-corrected chi connectivity index (χ4v) is 4.84. The highest BCUT2D eigenvalue weighted by Gasteiger charge is 2.38. The van der Waals surface area contributed by atoms with Crippen molar-refractivity contribution in [2.24, 2.45) is 0 Å². The van der Waals surface area contributed by atoms with E-state index in [1.165, 1.54) is 0 Å². The second-order valence-electron chi connectivity index (χ2n) is 8.87. The van der Waals surface area contributed by atoms with Crippen LogP contribution >= 0.6 is 0 Å². The molecule has 0 bridgehead atoms. The number of hydrogen-bond donors (Lipinski definition) is 2. The molecule has 33 heavy (non-hydrogen) atoms. The average molecular weight is 455 g/mol. The van der Waals surface area contributed by atoms with Gasteiger partial charge >= 0.3 is 0 Å². The Morgan fingerprint density at radius 2 is 1.91 bits per heavy atom. The number of β-amino-alcohol motifs (C(OH)–C–C–N with tert-alkyl or cyclic N) is 1. The van der Waals surface area contributed by atoms with E-state index in [4.69, 9.17) is 18.9 Å². The van der Waals surface area contributed by atoms with Gasteiger partial charge in [0.05, 0.1) is 37.9 Å². The highest BCUT2D eigenvalue weighted by molar-refractivity contribution is 5.90. The summed E-state index contributed by atoms with van der Waals surface area (Å²) in [5.74, 6) is 1.46. The van der Waals surface area contributed by atoms with Gasteiger partial charge in [-0.15, -0.1) is 0 Å². The highest BCUT2D eigenvalue weighted by Crippen LogP contribution is 2.34. The zero-order valence-corrected chi connectivity index (χ0v) is 18.5. The lowest BCUT2D eigenvalue weighted by molar-refractivity contribution is -0.156. The molecule has 3 aliphatic rings. The Morgan fingerprint density at radius 3 is 2.79 bits per heavy atom. The highest BCUT2D eigenvalue weighted by atomic mass is 16.7. The van der Waals surface area contributed by atoms with E-state index in [0.717, 1.165) is 35.6 Å². The van der Waals surface area contributed by atoms with E-state index in [9.17, 15) is 9.90 Å². The minimum atomic E-state index is -0.561. The molecule has 8 nitrogen and oxygen atoms in total. The number of nitrogens with one attached hydrogen (secondary N) is 1. The van der Waals surface area contributed by atoms with E-state index in [-0.39, 0.29) is 37.6 Å². The molecular formula is C25H30N2O6. The number of hydrogen-bond acceptors (Lipinski definition) is 7. The van der Waals surface area contributed by atoms with Crippen molar-refractivity contribution in [3.8, 4) is 11.5 Å². The van der Waals surface area contributed by atoms with Crippen LogP contribution in [0.3, 0.4) is 0 Å². The van der Waals surface area contributed by atoms with Crippen LogP contribution in [0.2, 0.25) is 0 Å². The number of carbonyl (C=O) groups excluding carboxylic acids is 1. The van der Waals surface area contributed by atoms with Gasteiger partial charge in [-0.05, 0) is 42.7 Å². The molecule has 3 aliphatic heterocycles. The third kappa shape index (κ3) is 5.47. The van der Waals surface area contributed by atoms with Gasteiger partial charge in [-0.25, -0.2) is 0 Å². The molecule has 176 valence electrons. The number of aliphatic hydroxyl groups is 1. The first kappa shape index (κ1) is 22.2. The Balaban J connectivity index is 1.23. The molecule has 2 aromatic rings. The van der Waals surface area contributed by atoms with E-state index in [0.29, 0.717) is 26.1 Å². The average Bonchev–Trinajstić information content (AvgIpc) is 3.26. The standard InChI is InChI=1S/C25H30N2O6/c28-19-13-27(12-17-6-9-22-23(10-17)32-16-31-22)21-8-7-20(33-24(21)15-30-14-19)11-25(29)26-18-4-2-1-3-5-18/h1-6,9-10,19-21,24,28H,7-8,11-16H2,(H,26,29)/t19-,20-,21+,24-/m1/s1. The quantitative estimate of drug-likeness (QED) is 0.718. The number of anilines is 1. The second-order valence-corrected chi connectivity index (χ2v) is 8.87. The zero-order valence-electron chi connectivity index (χ0n) is 18.5. The van der Waals surface area contributed by atoms with Gasteiger partial charge in [0.25, 0.3) is 0 Å². The van der Waals surface area contributed by atoms with E-state index in [1.807, 2.05) is 48.5 Å². The monoisotopic (exact) mass is 454 g/mol. The fourth-order valence-electron chi connectivity index (χ4n) is 4.84. The van der Waals surface area contributed by atoms with Crippen molar-refractivity contribution in [1.29, 1.82) is 0 Å². The minimum absolute atomic E-state index is 0.0518. The summed E-state index contributed by atoms with van der Waals surface area (Å²) >= 11 is 0. The molecule has 0 unspecified atom stereocenters. The molecule has 5 rings (SSSR count). The molecule has 2 aromatic carbocycles. The first-order valence-electron chi connectivity index (χ1n) is 11.5. The SMILES string of the molecule is O=C(C[C@H]1CC[C@H]2[C@@H](COC[C@H](O)CN2Cc2ccc3c(c2)OCO3)O1)Nc1ccccc1. The summed E-state index contributed by atoms with van der Waals surface area (Å²) in [7, 11) is 0. The number of carbonyl (C=O) groups is 1. The number of para-hydroxylation sites is 1. The van der Waals surface area contributed by atoms with Crippen LogP contribution in [0.25, 0.3) is 0 Å². The summed E-state index contributed by atoms with van der Waals surface area (Å²) in [4.78, 5) is 14.8. The molecule has 0 spiro atoms. The maximum Gasteiger partial charge on any atom is 0.231 e. The Kier molecular flexibility index (Phi) is 6.78. The lowest BCUT2D eigenvalue weighted by atomic mass is 9.94. The molecule has 8 heteroatoms. The van der Waals surface area contributed by atoms with Gasteiger partial charge in [-0.3, -0.25) is 9.69 Å². The third-order valence-electron chi connectivity index (χ3n) is 6.38. The summed E-state index contributed by atoms with van der Waals surface area (Å²) in [5.41, 5.74) is 1.88. The van der Waals surface area contributed by atoms with E-state index in [2.05, 4.69) is 10.2 Å². The van der Waals surface area contributed by atoms with Crippen LogP contribution in [0, 0.1) is 0 Å². The van der Waals surface area contributed by atoms with Crippen molar-refractivity contribution >= 4 is 11.6 Å². The van der Waals surface area contributed by atoms with Crippen molar-refractivity contribution < 1.29 is 28.8 Å². The van der Waals surface area contributed by atoms with Gasteiger partial charge in [0.15, 0.2) is 11.5 Å². The van der Waals surface area contributed by atoms with Gasteiger partial charge in [0.1, 0.15) is 0 Å². The zero-order chi connectivity index (χ0) is 22.6. The Morgan fingerprint density at radius 1 is 1.06 bits per heavy atom. The molecule has 0 aliphatic carbocycles. The molecule has 4 atom stereocenters. The summed E-state index contributed by atoms with van der Waals surface area (Å²) in [5, 5.41) is 13.3. The molecule has 3 heterocycles. The Hall–Kier alpha value is -2.65. The summed E-state index contributed by atoms with van der Waals surface area (Å²) in [6, 6.07) is 15.5. The van der Waals surface area contributed by atoms with Crippen molar-refractivity contribution in [2.75, 3.05) is 31.9 Å². The number of nitrogens with zero attached hydrogens (tertiary/aromatic N) is 1. The first-order chi connectivity index (χ1) is 16.1. The minimum Gasteiger partial charge on any atom is -0.454 e. The van der Waals surface area contributed by atoms with Crippen LogP contribution in [-0.2, 0) is 20.8 Å². The molecule has 0 saturated carbocycles. The summed E-state index contributed by atoms with van der Waals surface area (Å²) < 4.78 is 23.0. The van der Waals surface area contributed by atoms with Crippen molar-refractivity contribution in [3.63, 3.8) is 0 Å². The van der Waals surface area contributed by atoms with Gasteiger partial charge < -0.3 is 29.4 Å². The van der Waals surface area contributed by atoms with Gasteiger partial charge in [-0.1, -0.05) is 24.3 Å². The predicted molar refractivity (Wildman–Crippen MR) is 121 cm³/mol. The number of benzene rings is 2. The number of ether oxygens (including phenoxy) is 4. The van der Waals surface area contributed by atoms with Gasteiger partial charge in [0.2, 0.25) is 12.7 Å². The Bertz CT molecular complexity index is 955. The number of rotatable bonds is 5. The molecule has 2 fully saturated rings. The smallest absolute Gasteiger partial charge is 0.231 e. The van der Waals surface area contributed by atoms with Crippen molar-refractivity contribution in [2.45, 2.75) is 50.2 Å². The second kappa shape index (κ2) is 10.1. The van der Waals surface area contributed by atoms with Crippen molar-refractivity contribution in [1.82, 2.24) is 4.90 Å². The summed E-state index contributed by atoms with van der Waals surface area (Å²) in [6.07, 6.45) is 1.08. The van der Waals surface area contributed by atoms with Gasteiger partial charge in [0, 0.05) is 24.8 Å². The number of amides is 1. The summed E-state index contributed by atoms with van der Waals surface area (Å²) in [6.45, 7) is 2.07. The number of aliphatic hydroxyl groups excluding tert-OH is 1. The molecule has 1 amide bonds. The van der Waals surface area contributed by atoms with E-state index >= 15 is 0 Å². The van der Waals surface area contributed by atoms with Crippen LogP contribution in [0.1, 0.15) is 24.8 Å². The molecule has 0 radical (unpaired) electrons. The van der Waals surface area contributed by atoms with Crippen LogP contribution in [0.15, 0.2) is 48.5 Å². The van der Waals surface area contributed by atoms with Crippen molar-refractivity contribution in [3.05, 3.63) is 54.1 Å². The topological polar surface area (TPSA) is 89.5 Å². The lowest BCUT2D eigenvalue weighted by Gasteiger charge is -2.44. The van der Waals surface area contributed by atoms with Gasteiger partial charge in [-0.2, -0.15) is 0 Å². The molecule has 2 N–H and O–H groups in total. The third-order valence-corrected chi connectivity index (χ3v) is 6.38. The van der Waals surface area contributed by atoms with Crippen LogP contribution in [0.5, 0.6) is 11.5 Å². The maximum absolute atomic E-state index is 12.5. The maximum atomic E-state index is 12.5. The van der Waals surface area contributed by atoms with Crippen LogP contribution < -0.4 is 14.8 Å². The Labute approximate surface area is 193 Å². The predicted octanol–water partition coefficient (Wildman–Crippen LogP) is 2.55. The normalized spacial score (nSPS) is 27.3. The molecular weight excluding hydrogens is 424 g/mol. The lowest BCUT2D eigenvalue weighted by Crippen LogP contribution is -2.55.